The molecule has 0 spiro atoms. The molecule has 0 N–H and O–H groups in total. The summed E-state index contributed by atoms with van der Waals surface area (Å²) >= 11 is 0. The zero-order chi connectivity index (χ0) is 18.0. The van der Waals surface area contributed by atoms with Crippen LogP contribution >= 0.6 is 0 Å². The first-order valence-corrected chi connectivity index (χ1v) is 9.25. The predicted octanol–water partition coefficient (Wildman–Crippen LogP) is 5.35. The number of hydrogen-bond acceptors (Lipinski definition) is 3. The maximum atomic E-state index is 9.16. The predicted molar refractivity (Wildman–Crippen MR) is 100 cm³/mol. The monoisotopic (exact) mass is 339 g/mol. The summed E-state index contributed by atoms with van der Waals surface area (Å²) < 4.78 is 0. The van der Waals surface area contributed by atoms with E-state index in [0.717, 1.165) is 6.42 Å². The summed E-state index contributed by atoms with van der Waals surface area (Å²) in [6, 6.07) is 20.9. The molecule has 26 heavy (non-hydrogen) atoms. The lowest BCUT2D eigenvalue weighted by Gasteiger charge is -2.41. The van der Waals surface area contributed by atoms with Crippen LogP contribution in [0.25, 0.3) is 0 Å². The maximum absolute atomic E-state index is 9.16. The first kappa shape index (κ1) is 15.5. The van der Waals surface area contributed by atoms with Gasteiger partial charge in [0.05, 0.1) is 11.6 Å². The quantitative estimate of drug-likeness (QED) is 0.681. The minimum atomic E-state index is -0.380. The van der Waals surface area contributed by atoms with Crippen molar-refractivity contribution in [1.29, 1.82) is 5.26 Å². The first-order chi connectivity index (χ1) is 12.6. The largest absolute Gasteiger partial charge is 0.192 e. The van der Waals surface area contributed by atoms with Gasteiger partial charge in [0, 0.05) is 17.3 Å². The van der Waals surface area contributed by atoms with Crippen LogP contribution in [-0.2, 0) is 11.1 Å². The molecule has 2 bridgehead atoms. The van der Waals surface area contributed by atoms with Crippen LogP contribution in [0, 0.1) is 28.6 Å². The van der Waals surface area contributed by atoms with E-state index in [1.807, 2.05) is 12.1 Å². The summed E-state index contributed by atoms with van der Waals surface area (Å²) in [5.41, 5.74) is 2.27. The Balaban J connectivity index is 1.76. The Hall–Kier alpha value is -2.73. The van der Waals surface area contributed by atoms with E-state index in [4.69, 9.17) is 15.5 Å². The fourth-order valence-corrected chi connectivity index (χ4v) is 5.97. The van der Waals surface area contributed by atoms with Crippen molar-refractivity contribution in [2.45, 2.75) is 31.3 Å². The molecule has 4 atom stereocenters. The van der Waals surface area contributed by atoms with Gasteiger partial charge in [-0.25, -0.2) is 0 Å². The lowest BCUT2D eigenvalue weighted by atomic mass is 9.61. The molecule has 2 aromatic carbocycles. The van der Waals surface area contributed by atoms with Crippen molar-refractivity contribution < 1.29 is 0 Å². The molecule has 0 saturated heterocycles. The van der Waals surface area contributed by atoms with Crippen LogP contribution in [0.2, 0.25) is 0 Å². The van der Waals surface area contributed by atoms with Gasteiger partial charge >= 0.3 is 0 Å². The molecule has 0 amide bonds. The Morgan fingerprint density at radius 2 is 1.58 bits per heavy atom. The van der Waals surface area contributed by atoms with E-state index < -0.39 is 0 Å². The van der Waals surface area contributed by atoms with Gasteiger partial charge in [0.15, 0.2) is 0 Å². The van der Waals surface area contributed by atoms with Crippen LogP contribution in [-0.4, -0.2) is 0 Å². The molecule has 3 nitrogen and oxygen atoms in total. The van der Waals surface area contributed by atoms with Crippen LogP contribution in [0.4, 0.5) is 0 Å². The first-order valence-electron chi connectivity index (χ1n) is 9.25. The van der Waals surface area contributed by atoms with Crippen molar-refractivity contribution in [3.8, 4) is 6.07 Å². The van der Waals surface area contributed by atoms with Crippen molar-refractivity contribution in [2.24, 2.45) is 27.5 Å². The molecular weight excluding hydrogens is 318 g/mol. The van der Waals surface area contributed by atoms with E-state index in [1.54, 1.807) is 0 Å². The number of nitriles is 1. The number of benzene rings is 2. The van der Waals surface area contributed by atoms with Crippen molar-refractivity contribution in [2.75, 3.05) is 0 Å². The molecule has 128 valence electrons. The van der Waals surface area contributed by atoms with Crippen molar-refractivity contribution >= 4 is 0 Å². The molecule has 0 aromatic heterocycles. The summed E-state index contributed by atoms with van der Waals surface area (Å²) in [5, 5.41) is 19.2. The zero-order valence-corrected chi connectivity index (χ0v) is 15.1. The maximum Gasteiger partial charge on any atom is 0.121 e. The van der Waals surface area contributed by atoms with Crippen LogP contribution in [0.5, 0.6) is 0 Å². The van der Waals surface area contributed by atoms with Crippen LogP contribution in [0.1, 0.15) is 37.0 Å². The standard InChI is InChI=1S/C23H21N3/c1-21(2)22(17-7-4-3-5-8-17)19-9-6-10-20(19)23(21,26-25-22)18-13-11-16(15-24)12-14-18/h3-8,10-14,19-20H,9H2,1-2H3/t19-,20+,22-,23+/m0/s1. The van der Waals surface area contributed by atoms with Gasteiger partial charge < -0.3 is 0 Å². The third-order valence-corrected chi connectivity index (χ3v) is 7.13. The van der Waals surface area contributed by atoms with Crippen LogP contribution in [0.3, 0.4) is 0 Å². The molecule has 3 heteroatoms. The van der Waals surface area contributed by atoms with Gasteiger partial charge in [-0.3, -0.25) is 0 Å². The zero-order valence-electron chi connectivity index (χ0n) is 15.1. The Labute approximate surface area is 154 Å². The third-order valence-electron chi connectivity index (χ3n) is 7.13. The number of hydrogen-bond donors (Lipinski definition) is 0. The average Bonchev–Trinajstić information content (AvgIpc) is 3.30. The van der Waals surface area contributed by atoms with Gasteiger partial charge in [-0.15, -0.1) is 0 Å². The summed E-state index contributed by atoms with van der Waals surface area (Å²) in [7, 11) is 0. The molecule has 3 aliphatic rings. The molecule has 0 radical (unpaired) electrons. The molecule has 1 heterocycles. The molecular formula is C23H21N3. The van der Waals surface area contributed by atoms with E-state index in [-0.39, 0.29) is 16.5 Å². The summed E-state index contributed by atoms with van der Waals surface area (Å²) in [5.74, 6) is 0.760. The summed E-state index contributed by atoms with van der Waals surface area (Å²) in [4.78, 5) is 0. The molecule has 5 rings (SSSR count). The average molecular weight is 339 g/mol. The summed E-state index contributed by atoms with van der Waals surface area (Å²) in [6.45, 7) is 4.65. The lowest BCUT2D eigenvalue weighted by molar-refractivity contribution is 0.150. The Morgan fingerprint density at radius 1 is 0.923 bits per heavy atom. The minimum Gasteiger partial charge on any atom is -0.192 e. The van der Waals surface area contributed by atoms with Crippen molar-refractivity contribution in [3.63, 3.8) is 0 Å². The van der Waals surface area contributed by atoms with Gasteiger partial charge in [-0.2, -0.15) is 15.5 Å². The molecule has 1 aliphatic heterocycles. The van der Waals surface area contributed by atoms with E-state index in [2.05, 4.69) is 74.5 Å². The molecule has 1 saturated carbocycles. The van der Waals surface area contributed by atoms with Crippen molar-refractivity contribution in [1.82, 2.24) is 0 Å². The number of allylic oxidation sites excluding steroid dienone is 1. The molecule has 2 aromatic rings. The second-order valence-electron chi connectivity index (χ2n) is 8.21. The highest BCUT2D eigenvalue weighted by Gasteiger charge is 2.77. The second kappa shape index (κ2) is 4.92. The molecule has 1 fully saturated rings. The van der Waals surface area contributed by atoms with Crippen LogP contribution in [0.15, 0.2) is 77.0 Å². The van der Waals surface area contributed by atoms with Crippen molar-refractivity contribution in [3.05, 3.63) is 83.4 Å². The smallest absolute Gasteiger partial charge is 0.121 e. The van der Waals surface area contributed by atoms with Gasteiger partial charge in [0.2, 0.25) is 0 Å². The number of nitrogens with zero attached hydrogens (tertiary/aromatic N) is 3. The van der Waals surface area contributed by atoms with E-state index in [1.165, 1.54) is 11.1 Å². The number of rotatable bonds is 2. The Kier molecular flexibility index (Phi) is 2.93. The lowest BCUT2D eigenvalue weighted by Crippen LogP contribution is -2.44. The van der Waals surface area contributed by atoms with Gasteiger partial charge in [-0.1, -0.05) is 68.5 Å². The highest BCUT2D eigenvalue weighted by Crippen LogP contribution is 2.76. The topological polar surface area (TPSA) is 48.5 Å². The fraction of sp³-hybridized carbons (Fsp3) is 0.348. The number of azo groups is 1. The molecule has 2 aliphatic carbocycles. The van der Waals surface area contributed by atoms with E-state index in [9.17, 15) is 0 Å². The van der Waals surface area contributed by atoms with Gasteiger partial charge in [0.25, 0.3) is 0 Å². The molecule has 0 unspecified atom stereocenters. The third kappa shape index (κ3) is 1.50. The fourth-order valence-electron chi connectivity index (χ4n) is 5.97. The van der Waals surface area contributed by atoms with E-state index >= 15 is 0 Å². The van der Waals surface area contributed by atoms with E-state index in [0.29, 0.717) is 17.4 Å². The highest BCUT2D eigenvalue weighted by molar-refractivity contribution is 5.48. The van der Waals surface area contributed by atoms with Crippen LogP contribution < -0.4 is 0 Å². The van der Waals surface area contributed by atoms with Gasteiger partial charge in [-0.05, 0) is 29.7 Å². The Bertz CT molecular complexity index is 965. The van der Waals surface area contributed by atoms with Gasteiger partial charge in [0.1, 0.15) is 11.1 Å². The number of fused-ring (bicyclic) bond motifs is 5. The summed E-state index contributed by atoms with van der Waals surface area (Å²) in [6.07, 6.45) is 5.70. The second-order valence-corrected chi connectivity index (χ2v) is 8.21. The highest BCUT2D eigenvalue weighted by atomic mass is 15.3. The SMILES string of the molecule is CC1(C)[C@]2(c3ccc(C#N)cc3)N=N[C@@]1(c1ccccc1)[C@H]1CC=C[C@H]12. The normalized spacial score (nSPS) is 35.4. The minimum absolute atomic E-state index is 0.157. The Morgan fingerprint density at radius 3 is 2.27 bits per heavy atom.